The van der Waals surface area contributed by atoms with Crippen LogP contribution in [0.2, 0.25) is 0 Å². The van der Waals surface area contributed by atoms with E-state index < -0.39 is 0 Å². The van der Waals surface area contributed by atoms with Gasteiger partial charge in [0.15, 0.2) is 0 Å². The Labute approximate surface area is 177 Å². The minimum absolute atomic E-state index is 0.213. The molecule has 0 radical (unpaired) electrons. The lowest BCUT2D eigenvalue weighted by Crippen LogP contribution is -2.44. The van der Waals surface area contributed by atoms with Crippen LogP contribution in [0.15, 0.2) is 41.0 Å². The number of benzene rings is 2. The second-order valence-electron chi connectivity index (χ2n) is 7.91. The van der Waals surface area contributed by atoms with Gasteiger partial charge >= 0.3 is 5.97 Å². The SMILES string of the molecule is CCOC(=O)Cc1coc2ccc3cc(OCCCN4CCN(C)CC4)ccc3c12. The normalized spacial score (nSPS) is 15.7. The van der Waals surface area contributed by atoms with Gasteiger partial charge in [-0.2, -0.15) is 0 Å². The molecule has 1 aliphatic heterocycles. The van der Waals surface area contributed by atoms with Gasteiger partial charge in [-0.3, -0.25) is 4.79 Å². The lowest BCUT2D eigenvalue weighted by Gasteiger charge is -2.32. The summed E-state index contributed by atoms with van der Waals surface area (Å²) in [6.07, 6.45) is 2.89. The Bertz CT molecular complexity index is 1010. The first-order valence-corrected chi connectivity index (χ1v) is 10.8. The average Bonchev–Trinajstić information content (AvgIpc) is 3.15. The predicted octanol–water partition coefficient (Wildman–Crippen LogP) is 3.71. The molecule has 1 aromatic heterocycles. The Kier molecular flexibility index (Phi) is 6.55. The van der Waals surface area contributed by atoms with E-state index in [1.165, 1.54) is 0 Å². The summed E-state index contributed by atoms with van der Waals surface area (Å²) in [5.41, 5.74) is 1.64. The number of nitrogens with zero attached hydrogens (tertiary/aromatic N) is 2. The number of likely N-dealkylation sites (N-methyl/N-ethyl adjacent to an activating group) is 1. The van der Waals surface area contributed by atoms with Crippen LogP contribution in [0.5, 0.6) is 5.75 Å². The van der Waals surface area contributed by atoms with Crippen molar-refractivity contribution in [3.63, 3.8) is 0 Å². The maximum Gasteiger partial charge on any atom is 0.310 e. The number of hydrogen-bond donors (Lipinski definition) is 0. The molecule has 1 aliphatic rings. The summed E-state index contributed by atoms with van der Waals surface area (Å²) in [5, 5.41) is 3.11. The molecule has 0 saturated carbocycles. The fraction of sp³-hybridized carbons (Fsp3) is 0.458. The molecule has 6 nitrogen and oxygen atoms in total. The maximum atomic E-state index is 11.9. The summed E-state index contributed by atoms with van der Waals surface area (Å²) in [4.78, 5) is 16.8. The smallest absolute Gasteiger partial charge is 0.310 e. The van der Waals surface area contributed by atoms with Crippen LogP contribution in [0.3, 0.4) is 0 Å². The van der Waals surface area contributed by atoms with Crippen LogP contribution >= 0.6 is 0 Å². The van der Waals surface area contributed by atoms with E-state index in [0.717, 1.165) is 72.2 Å². The summed E-state index contributed by atoms with van der Waals surface area (Å²) < 4.78 is 16.8. The Morgan fingerprint density at radius 2 is 1.97 bits per heavy atom. The van der Waals surface area contributed by atoms with Crippen molar-refractivity contribution < 1.29 is 18.7 Å². The lowest BCUT2D eigenvalue weighted by molar-refractivity contribution is -0.142. The van der Waals surface area contributed by atoms with Crippen LogP contribution in [0.25, 0.3) is 21.7 Å². The van der Waals surface area contributed by atoms with E-state index >= 15 is 0 Å². The molecule has 0 spiro atoms. The Morgan fingerprint density at radius 1 is 1.13 bits per heavy atom. The molecular formula is C24H30N2O4. The zero-order valence-electron chi connectivity index (χ0n) is 17.9. The molecule has 2 heterocycles. The summed E-state index contributed by atoms with van der Waals surface area (Å²) >= 11 is 0. The molecule has 4 rings (SSSR count). The first-order chi connectivity index (χ1) is 14.6. The molecule has 0 atom stereocenters. The molecule has 2 aromatic carbocycles. The van der Waals surface area contributed by atoms with Gasteiger partial charge in [-0.25, -0.2) is 0 Å². The molecule has 0 N–H and O–H groups in total. The van der Waals surface area contributed by atoms with Crippen molar-refractivity contribution >= 4 is 27.7 Å². The topological polar surface area (TPSA) is 55.2 Å². The molecule has 30 heavy (non-hydrogen) atoms. The van der Waals surface area contributed by atoms with E-state index in [4.69, 9.17) is 13.9 Å². The number of esters is 1. The van der Waals surface area contributed by atoms with Gasteiger partial charge in [0.1, 0.15) is 11.3 Å². The number of piperazine rings is 1. The van der Waals surface area contributed by atoms with Crippen LogP contribution in [0.1, 0.15) is 18.9 Å². The van der Waals surface area contributed by atoms with Crippen molar-refractivity contribution in [1.82, 2.24) is 9.80 Å². The van der Waals surface area contributed by atoms with E-state index in [0.29, 0.717) is 13.2 Å². The van der Waals surface area contributed by atoms with Crippen LogP contribution < -0.4 is 4.74 Å². The van der Waals surface area contributed by atoms with Gasteiger partial charge in [-0.1, -0.05) is 6.07 Å². The molecule has 0 bridgehead atoms. The molecule has 0 unspecified atom stereocenters. The van der Waals surface area contributed by atoms with Crippen LogP contribution in [0, 0.1) is 0 Å². The van der Waals surface area contributed by atoms with Crippen molar-refractivity contribution in [3.05, 3.63) is 42.2 Å². The summed E-state index contributed by atoms with van der Waals surface area (Å²) in [7, 11) is 2.18. The standard InChI is InChI=1S/C24H30N2O4/c1-3-28-23(27)16-19-17-30-22-8-5-18-15-20(6-7-21(18)24(19)22)29-14-4-9-26-12-10-25(2)11-13-26/h5-8,15,17H,3-4,9-14,16H2,1-2H3. The molecule has 3 aromatic rings. The number of carbonyl (C=O) groups excluding carboxylic acids is 1. The molecule has 6 heteroatoms. The number of ether oxygens (including phenoxy) is 2. The van der Waals surface area contributed by atoms with Gasteiger partial charge < -0.3 is 23.7 Å². The number of fused-ring (bicyclic) bond motifs is 3. The van der Waals surface area contributed by atoms with Gasteiger partial charge in [0.2, 0.25) is 0 Å². The van der Waals surface area contributed by atoms with Gasteiger partial charge in [-0.15, -0.1) is 0 Å². The third-order valence-corrected chi connectivity index (χ3v) is 5.73. The summed E-state index contributed by atoms with van der Waals surface area (Å²) in [6.45, 7) is 8.55. The molecule has 0 aliphatic carbocycles. The predicted molar refractivity (Wildman–Crippen MR) is 118 cm³/mol. The monoisotopic (exact) mass is 410 g/mol. The van der Waals surface area contributed by atoms with Crippen LogP contribution in [-0.2, 0) is 16.0 Å². The number of carbonyl (C=O) groups is 1. The zero-order chi connectivity index (χ0) is 20.9. The van der Waals surface area contributed by atoms with Crippen LogP contribution in [0.4, 0.5) is 0 Å². The Balaban J connectivity index is 1.41. The Hall–Kier alpha value is -2.57. The van der Waals surface area contributed by atoms with Gasteiger partial charge in [-0.05, 0) is 55.4 Å². The maximum absolute atomic E-state index is 11.9. The summed E-state index contributed by atoms with van der Waals surface area (Å²) in [6, 6.07) is 10.1. The first kappa shape index (κ1) is 20.7. The minimum Gasteiger partial charge on any atom is -0.494 e. The molecular weight excluding hydrogens is 380 g/mol. The van der Waals surface area contributed by atoms with Crippen molar-refractivity contribution in [3.8, 4) is 5.75 Å². The highest BCUT2D eigenvalue weighted by Crippen LogP contribution is 2.32. The van der Waals surface area contributed by atoms with Crippen molar-refractivity contribution in [2.75, 3.05) is 53.0 Å². The van der Waals surface area contributed by atoms with E-state index in [1.807, 2.05) is 25.1 Å². The quantitative estimate of drug-likeness (QED) is 0.417. The van der Waals surface area contributed by atoms with Gasteiger partial charge in [0.05, 0.1) is 25.9 Å². The third-order valence-electron chi connectivity index (χ3n) is 5.73. The fourth-order valence-corrected chi connectivity index (χ4v) is 4.05. The van der Waals surface area contributed by atoms with Crippen molar-refractivity contribution in [2.24, 2.45) is 0 Å². The number of furan rings is 1. The lowest BCUT2D eigenvalue weighted by atomic mass is 10.0. The van der Waals surface area contributed by atoms with Gasteiger partial charge in [0.25, 0.3) is 0 Å². The van der Waals surface area contributed by atoms with E-state index in [9.17, 15) is 4.79 Å². The second-order valence-corrected chi connectivity index (χ2v) is 7.91. The van der Waals surface area contributed by atoms with Gasteiger partial charge in [0, 0.05) is 43.7 Å². The molecule has 1 saturated heterocycles. The molecule has 1 fully saturated rings. The molecule has 160 valence electrons. The van der Waals surface area contributed by atoms with Crippen molar-refractivity contribution in [1.29, 1.82) is 0 Å². The Morgan fingerprint density at radius 3 is 2.77 bits per heavy atom. The fourth-order valence-electron chi connectivity index (χ4n) is 4.05. The minimum atomic E-state index is -0.238. The summed E-state index contributed by atoms with van der Waals surface area (Å²) in [5.74, 6) is 0.633. The second kappa shape index (κ2) is 9.49. The highest BCUT2D eigenvalue weighted by atomic mass is 16.5. The highest BCUT2D eigenvalue weighted by molar-refractivity contribution is 6.08. The number of hydrogen-bond acceptors (Lipinski definition) is 6. The zero-order valence-corrected chi connectivity index (χ0v) is 17.9. The highest BCUT2D eigenvalue weighted by Gasteiger charge is 2.15. The molecule has 0 amide bonds. The van der Waals surface area contributed by atoms with Crippen molar-refractivity contribution in [2.45, 2.75) is 19.8 Å². The average molecular weight is 411 g/mol. The number of rotatable bonds is 8. The first-order valence-electron chi connectivity index (χ1n) is 10.8. The van der Waals surface area contributed by atoms with E-state index in [2.05, 4.69) is 29.0 Å². The van der Waals surface area contributed by atoms with Crippen LogP contribution in [-0.4, -0.2) is 68.8 Å². The largest absolute Gasteiger partial charge is 0.494 e. The van der Waals surface area contributed by atoms with E-state index in [1.54, 1.807) is 6.26 Å². The third kappa shape index (κ3) is 4.77. The van der Waals surface area contributed by atoms with E-state index in [-0.39, 0.29) is 12.4 Å².